The van der Waals surface area contributed by atoms with Crippen molar-refractivity contribution in [3.05, 3.63) is 107 Å². The molecule has 3 aromatic rings. The van der Waals surface area contributed by atoms with E-state index in [4.69, 9.17) is 4.74 Å². The topological polar surface area (TPSA) is 26.3 Å². The monoisotopic (exact) mass is 404 g/mol. The SMILES string of the molecule is O=C(OC1CCCCC1)c1ccc(C#Cc2ccc(C#Cc3ccccc3)cc2)cc1. The van der Waals surface area contributed by atoms with Crippen molar-refractivity contribution in [2.24, 2.45) is 0 Å². The first-order valence-electron chi connectivity index (χ1n) is 10.8. The van der Waals surface area contributed by atoms with Crippen LogP contribution in [0.1, 0.15) is 64.7 Å². The van der Waals surface area contributed by atoms with Crippen molar-refractivity contribution in [2.45, 2.75) is 38.2 Å². The Bertz CT molecular complexity index is 1130. The third-order valence-electron chi connectivity index (χ3n) is 5.31. The van der Waals surface area contributed by atoms with Gasteiger partial charge in [0.05, 0.1) is 5.56 Å². The lowest BCUT2D eigenvalue weighted by Gasteiger charge is -2.21. The van der Waals surface area contributed by atoms with Crippen LogP contribution in [0.3, 0.4) is 0 Å². The van der Waals surface area contributed by atoms with Crippen LogP contribution in [0.25, 0.3) is 0 Å². The molecule has 1 aliphatic carbocycles. The first-order valence-corrected chi connectivity index (χ1v) is 10.8. The van der Waals surface area contributed by atoms with Gasteiger partial charge in [0, 0.05) is 22.3 Å². The van der Waals surface area contributed by atoms with E-state index in [-0.39, 0.29) is 12.1 Å². The molecular weight excluding hydrogens is 380 g/mol. The number of benzene rings is 3. The van der Waals surface area contributed by atoms with Gasteiger partial charge in [-0.3, -0.25) is 0 Å². The van der Waals surface area contributed by atoms with E-state index < -0.39 is 0 Å². The molecule has 0 spiro atoms. The Morgan fingerprint density at radius 1 is 0.613 bits per heavy atom. The number of hydrogen-bond donors (Lipinski definition) is 0. The van der Waals surface area contributed by atoms with Crippen molar-refractivity contribution in [2.75, 3.05) is 0 Å². The summed E-state index contributed by atoms with van der Waals surface area (Å²) in [5.41, 5.74) is 4.32. The third-order valence-corrected chi connectivity index (χ3v) is 5.31. The molecule has 1 aliphatic rings. The van der Waals surface area contributed by atoms with E-state index in [1.54, 1.807) is 12.1 Å². The molecule has 1 fully saturated rings. The normalized spacial score (nSPS) is 13.3. The van der Waals surface area contributed by atoms with Gasteiger partial charge in [-0.05, 0) is 86.3 Å². The zero-order chi connectivity index (χ0) is 21.3. The van der Waals surface area contributed by atoms with Crippen molar-refractivity contribution in [3.63, 3.8) is 0 Å². The summed E-state index contributed by atoms with van der Waals surface area (Å²) in [6.45, 7) is 0. The van der Waals surface area contributed by atoms with Crippen LogP contribution in [-0.2, 0) is 4.74 Å². The van der Waals surface area contributed by atoms with Crippen molar-refractivity contribution >= 4 is 5.97 Å². The standard InChI is InChI=1S/C29H24O2/c30-29(31-28-9-5-2-6-10-28)27-21-19-26(20-22-27)18-17-25-15-13-24(14-16-25)12-11-23-7-3-1-4-8-23/h1,3-4,7-8,13-16,19-22,28H,2,5-6,9-10H2. The fraction of sp³-hybridized carbons (Fsp3) is 0.207. The lowest BCUT2D eigenvalue weighted by Crippen LogP contribution is -2.20. The summed E-state index contributed by atoms with van der Waals surface area (Å²) in [5, 5.41) is 0. The maximum Gasteiger partial charge on any atom is 0.338 e. The van der Waals surface area contributed by atoms with Gasteiger partial charge in [0.25, 0.3) is 0 Å². The summed E-state index contributed by atoms with van der Waals surface area (Å²) < 4.78 is 5.62. The van der Waals surface area contributed by atoms with E-state index in [1.807, 2.05) is 66.7 Å². The van der Waals surface area contributed by atoms with Gasteiger partial charge < -0.3 is 4.74 Å². The van der Waals surface area contributed by atoms with Crippen molar-refractivity contribution < 1.29 is 9.53 Å². The molecule has 4 rings (SSSR count). The molecule has 0 radical (unpaired) electrons. The van der Waals surface area contributed by atoms with E-state index in [9.17, 15) is 4.79 Å². The molecule has 0 atom stereocenters. The van der Waals surface area contributed by atoms with Crippen molar-refractivity contribution in [3.8, 4) is 23.7 Å². The molecule has 0 aromatic heterocycles. The van der Waals surface area contributed by atoms with Crippen LogP contribution in [0.5, 0.6) is 0 Å². The lowest BCUT2D eigenvalue weighted by atomic mass is 9.98. The summed E-state index contributed by atoms with van der Waals surface area (Å²) in [6, 6.07) is 25.1. The molecule has 31 heavy (non-hydrogen) atoms. The zero-order valence-corrected chi connectivity index (χ0v) is 17.4. The Hall–Kier alpha value is -3.75. The number of carbonyl (C=O) groups is 1. The molecular formula is C29H24O2. The van der Waals surface area contributed by atoms with E-state index in [1.165, 1.54) is 6.42 Å². The predicted molar refractivity (Wildman–Crippen MR) is 124 cm³/mol. The summed E-state index contributed by atoms with van der Waals surface area (Å²) in [4.78, 5) is 12.3. The van der Waals surface area contributed by atoms with Gasteiger partial charge in [0.1, 0.15) is 6.10 Å². The highest BCUT2D eigenvalue weighted by Crippen LogP contribution is 2.21. The predicted octanol–water partition coefficient (Wildman–Crippen LogP) is 5.98. The van der Waals surface area contributed by atoms with E-state index in [0.717, 1.165) is 47.9 Å². The maximum atomic E-state index is 12.3. The van der Waals surface area contributed by atoms with Crippen LogP contribution < -0.4 is 0 Å². The lowest BCUT2D eigenvalue weighted by molar-refractivity contribution is 0.0211. The summed E-state index contributed by atoms with van der Waals surface area (Å²) in [5.74, 6) is 12.4. The van der Waals surface area contributed by atoms with Crippen LogP contribution in [0, 0.1) is 23.7 Å². The van der Waals surface area contributed by atoms with Gasteiger partial charge in [-0.15, -0.1) is 0 Å². The summed E-state index contributed by atoms with van der Waals surface area (Å²) in [6.07, 6.45) is 5.56. The molecule has 0 saturated heterocycles. The van der Waals surface area contributed by atoms with Crippen molar-refractivity contribution in [1.82, 2.24) is 0 Å². The van der Waals surface area contributed by atoms with Crippen LogP contribution in [-0.4, -0.2) is 12.1 Å². The number of carbonyl (C=O) groups excluding carboxylic acids is 1. The molecule has 152 valence electrons. The van der Waals surface area contributed by atoms with Crippen LogP contribution in [0.4, 0.5) is 0 Å². The molecule has 1 saturated carbocycles. The second-order valence-corrected chi connectivity index (χ2v) is 7.69. The van der Waals surface area contributed by atoms with E-state index in [2.05, 4.69) is 23.7 Å². The average molecular weight is 405 g/mol. The molecule has 0 unspecified atom stereocenters. The minimum atomic E-state index is -0.237. The minimum absolute atomic E-state index is 0.0704. The van der Waals surface area contributed by atoms with E-state index >= 15 is 0 Å². The van der Waals surface area contributed by atoms with Gasteiger partial charge in [0.15, 0.2) is 0 Å². The van der Waals surface area contributed by atoms with Crippen molar-refractivity contribution in [1.29, 1.82) is 0 Å². The van der Waals surface area contributed by atoms with Gasteiger partial charge in [-0.2, -0.15) is 0 Å². The number of rotatable bonds is 2. The number of esters is 1. The molecule has 0 aliphatic heterocycles. The first-order chi connectivity index (χ1) is 15.3. The highest BCUT2D eigenvalue weighted by Gasteiger charge is 2.18. The Morgan fingerprint density at radius 3 is 1.58 bits per heavy atom. The number of hydrogen-bond acceptors (Lipinski definition) is 2. The molecule has 0 heterocycles. The Morgan fingerprint density at radius 2 is 1.06 bits per heavy atom. The van der Waals surface area contributed by atoms with E-state index in [0.29, 0.717) is 5.56 Å². The quantitative estimate of drug-likeness (QED) is 0.388. The second-order valence-electron chi connectivity index (χ2n) is 7.69. The maximum absolute atomic E-state index is 12.3. The van der Waals surface area contributed by atoms with Gasteiger partial charge in [0.2, 0.25) is 0 Å². The summed E-state index contributed by atoms with van der Waals surface area (Å²) >= 11 is 0. The molecule has 2 heteroatoms. The minimum Gasteiger partial charge on any atom is -0.459 e. The molecule has 3 aromatic carbocycles. The van der Waals surface area contributed by atoms with Gasteiger partial charge in [-0.25, -0.2) is 4.79 Å². The third kappa shape index (κ3) is 6.11. The molecule has 0 amide bonds. The zero-order valence-electron chi connectivity index (χ0n) is 17.4. The Kier molecular flexibility index (Phi) is 6.84. The average Bonchev–Trinajstić information content (AvgIpc) is 2.84. The van der Waals surface area contributed by atoms with Gasteiger partial charge in [-0.1, -0.05) is 48.3 Å². The van der Waals surface area contributed by atoms with Crippen LogP contribution >= 0.6 is 0 Å². The largest absolute Gasteiger partial charge is 0.459 e. The second kappa shape index (κ2) is 10.3. The Balaban J connectivity index is 1.36. The Labute approximate surface area is 184 Å². The fourth-order valence-electron chi connectivity index (χ4n) is 3.54. The fourth-order valence-corrected chi connectivity index (χ4v) is 3.54. The highest BCUT2D eigenvalue weighted by atomic mass is 16.5. The number of ether oxygens (including phenoxy) is 1. The summed E-state index contributed by atoms with van der Waals surface area (Å²) in [7, 11) is 0. The molecule has 0 bridgehead atoms. The molecule has 0 N–H and O–H groups in total. The van der Waals surface area contributed by atoms with Gasteiger partial charge >= 0.3 is 5.97 Å². The smallest absolute Gasteiger partial charge is 0.338 e. The van der Waals surface area contributed by atoms with Crippen LogP contribution in [0.2, 0.25) is 0 Å². The highest BCUT2D eigenvalue weighted by molar-refractivity contribution is 5.89. The van der Waals surface area contributed by atoms with Crippen LogP contribution in [0.15, 0.2) is 78.9 Å². The first kappa shape index (κ1) is 20.5. The molecule has 2 nitrogen and oxygen atoms in total.